The van der Waals surface area contributed by atoms with Crippen molar-refractivity contribution in [2.45, 2.75) is 38.1 Å². The standard InChI is InChI=1S/C26H30N2O5/c1-3-9-23(25(30)31)28-24(29)14-17(4-2)15-27-26(32)33-16-22-20-12-7-5-10-18(20)19-11-6-8-13-21(19)22/h3,5-8,10-13,17,22-23H,1,4,9,14-16H2,2H3,(H,27,32)(H,28,29)(H,30,31). The summed E-state index contributed by atoms with van der Waals surface area (Å²) in [5.41, 5.74) is 4.61. The minimum Gasteiger partial charge on any atom is -0.480 e. The van der Waals surface area contributed by atoms with Crippen LogP contribution in [0, 0.1) is 5.92 Å². The number of nitrogens with one attached hydrogen (secondary N) is 2. The fourth-order valence-corrected chi connectivity index (χ4v) is 4.14. The van der Waals surface area contributed by atoms with E-state index in [2.05, 4.69) is 41.5 Å². The van der Waals surface area contributed by atoms with Crippen LogP contribution in [-0.2, 0) is 14.3 Å². The predicted octanol–water partition coefficient (Wildman–Crippen LogP) is 4.09. The number of ether oxygens (including phenoxy) is 1. The molecule has 0 aromatic heterocycles. The number of carbonyl (C=O) groups is 3. The van der Waals surface area contributed by atoms with Crippen molar-refractivity contribution >= 4 is 18.0 Å². The zero-order valence-corrected chi connectivity index (χ0v) is 18.8. The molecular formula is C26H30N2O5. The average molecular weight is 451 g/mol. The summed E-state index contributed by atoms with van der Waals surface area (Å²) in [6.07, 6.45) is 1.83. The predicted molar refractivity (Wildman–Crippen MR) is 126 cm³/mol. The Hall–Kier alpha value is -3.61. The van der Waals surface area contributed by atoms with E-state index < -0.39 is 18.1 Å². The second-order valence-electron chi connectivity index (χ2n) is 8.17. The van der Waals surface area contributed by atoms with Gasteiger partial charge < -0.3 is 20.5 Å². The summed E-state index contributed by atoms with van der Waals surface area (Å²) >= 11 is 0. The summed E-state index contributed by atoms with van der Waals surface area (Å²) in [4.78, 5) is 35.8. The summed E-state index contributed by atoms with van der Waals surface area (Å²) in [5.74, 6) is -1.63. The van der Waals surface area contributed by atoms with E-state index >= 15 is 0 Å². The third-order valence-electron chi connectivity index (χ3n) is 5.97. The zero-order valence-electron chi connectivity index (χ0n) is 18.8. The van der Waals surface area contributed by atoms with E-state index in [1.807, 2.05) is 31.2 Å². The van der Waals surface area contributed by atoms with Gasteiger partial charge in [-0.2, -0.15) is 0 Å². The monoisotopic (exact) mass is 450 g/mol. The molecule has 2 amide bonds. The average Bonchev–Trinajstić information content (AvgIpc) is 3.13. The van der Waals surface area contributed by atoms with Gasteiger partial charge in [0.15, 0.2) is 0 Å². The number of amides is 2. The van der Waals surface area contributed by atoms with Crippen LogP contribution < -0.4 is 10.6 Å². The Balaban J connectivity index is 1.50. The molecule has 174 valence electrons. The van der Waals surface area contributed by atoms with Crippen LogP contribution in [0.25, 0.3) is 11.1 Å². The van der Waals surface area contributed by atoms with Gasteiger partial charge >= 0.3 is 12.1 Å². The van der Waals surface area contributed by atoms with E-state index in [-0.39, 0.29) is 43.7 Å². The largest absolute Gasteiger partial charge is 0.480 e. The Kier molecular flexibility index (Phi) is 8.24. The van der Waals surface area contributed by atoms with Crippen molar-refractivity contribution in [3.8, 4) is 11.1 Å². The molecule has 3 rings (SSSR count). The van der Waals surface area contributed by atoms with Crippen LogP contribution in [0.15, 0.2) is 61.2 Å². The van der Waals surface area contributed by atoms with Gasteiger partial charge in [-0.15, -0.1) is 6.58 Å². The third kappa shape index (κ3) is 6.00. The first-order chi connectivity index (χ1) is 15.9. The number of fused-ring (bicyclic) bond motifs is 3. The Morgan fingerprint density at radius 2 is 1.70 bits per heavy atom. The number of carboxylic acids is 1. The molecule has 0 saturated carbocycles. The van der Waals surface area contributed by atoms with Gasteiger partial charge in [0, 0.05) is 18.9 Å². The maximum absolute atomic E-state index is 12.4. The fourth-order valence-electron chi connectivity index (χ4n) is 4.14. The van der Waals surface area contributed by atoms with E-state index in [0.717, 1.165) is 22.3 Å². The highest BCUT2D eigenvalue weighted by Crippen LogP contribution is 2.44. The van der Waals surface area contributed by atoms with Crippen LogP contribution >= 0.6 is 0 Å². The zero-order chi connectivity index (χ0) is 23.8. The first-order valence-corrected chi connectivity index (χ1v) is 11.2. The molecule has 33 heavy (non-hydrogen) atoms. The number of hydrogen-bond donors (Lipinski definition) is 3. The fraction of sp³-hybridized carbons (Fsp3) is 0.346. The second-order valence-corrected chi connectivity index (χ2v) is 8.17. The van der Waals surface area contributed by atoms with Gasteiger partial charge in [-0.3, -0.25) is 4.79 Å². The van der Waals surface area contributed by atoms with Gasteiger partial charge in [-0.1, -0.05) is 68.0 Å². The quantitative estimate of drug-likeness (QED) is 0.447. The van der Waals surface area contributed by atoms with E-state index in [0.29, 0.717) is 6.42 Å². The van der Waals surface area contributed by atoms with Gasteiger partial charge in [0.1, 0.15) is 12.6 Å². The van der Waals surface area contributed by atoms with Crippen molar-refractivity contribution in [3.05, 3.63) is 72.3 Å². The minimum atomic E-state index is -1.10. The Labute approximate surface area is 193 Å². The third-order valence-corrected chi connectivity index (χ3v) is 5.97. The highest BCUT2D eigenvalue weighted by molar-refractivity contribution is 5.84. The summed E-state index contributed by atoms with van der Waals surface area (Å²) in [6, 6.07) is 15.3. The van der Waals surface area contributed by atoms with E-state index in [4.69, 9.17) is 9.84 Å². The summed E-state index contributed by atoms with van der Waals surface area (Å²) in [5, 5.41) is 14.4. The lowest BCUT2D eigenvalue weighted by Crippen LogP contribution is -2.42. The van der Waals surface area contributed by atoms with Gasteiger partial charge in [0.25, 0.3) is 0 Å². The van der Waals surface area contributed by atoms with Crippen molar-refractivity contribution in [2.24, 2.45) is 5.92 Å². The highest BCUT2D eigenvalue weighted by atomic mass is 16.5. The second kappa shape index (κ2) is 11.3. The van der Waals surface area contributed by atoms with Gasteiger partial charge in [0.2, 0.25) is 5.91 Å². The SMILES string of the molecule is C=CCC(NC(=O)CC(CC)CNC(=O)OCC1c2ccccc2-c2ccccc21)C(=O)O. The topological polar surface area (TPSA) is 105 Å². The Morgan fingerprint density at radius 3 is 2.24 bits per heavy atom. The minimum absolute atomic E-state index is 0.0197. The molecule has 7 heteroatoms. The molecule has 7 nitrogen and oxygen atoms in total. The molecular weight excluding hydrogens is 420 g/mol. The number of hydrogen-bond acceptors (Lipinski definition) is 4. The van der Waals surface area contributed by atoms with Gasteiger partial charge in [0.05, 0.1) is 0 Å². The van der Waals surface area contributed by atoms with Crippen molar-refractivity contribution in [1.82, 2.24) is 10.6 Å². The number of benzene rings is 2. The maximum atomic E-state index is 12.4. The molecule has 0 bridgehead atoms. The van der Waals surface area contributed by atoms with Crippen molar-refractivity contribution in [2.75, 3.05) is 13.2 Å². The van der Waals surface area contributed by atoms with E-state index in [9.17, 15) is 14.4 Å². The molecule has 0 fully saturated rings. The Morgan fingerprint density at radius 1 is 1.09 bits per heavy atom. The number of carboxylic acid groups (broad SMARTS) is 1. The first-order valence-electron chi connectivity index (χ1n) is 11.2. The lowest BCUT2D eigenvalue weighted by molar-refractivity contribution is -0.141. The summed E-state index contributed by atoms with van der Waals surface area (Å²) in [6.45, 7) is 5.91. The van der Waals surface area contributed by atoms with Crippen molar-refractivity contribution in [3.63, 3.8) is 0 Å². The van der Waals surface area contributed by atoms with Crippen molar-refractivity contribution in [1.29, 1.82) is 0 Å². The van der Waals surface area contributed by atoms with Crippen LogP contribution in [0.4, 0.5) is 4.79 Å². The van der Waals surface area contributed by atoms with Crippen LogP contribution in [0.5, 0.6) is 0 Å². The Bertz CT molecular complexity index is 974. The molecule has 0 radical (unpaired) electrons. The molecule has 0 aliphatic heterocycles. The molecule has 2 aromatic rings. The molecule has 0 saturated heterocycles. The molecule has 0 heterocycles. The van der Waals surface area contributed by atoms with Crippen LogP contribution in [0.3, 0.4) is 0 Å². The highest BCUT2D eigenvalue weighted by Gasteiger charge is 2.29. The smallest absolute Gasteiger partial charge is 0.407 e. The van der Waals surface area contributed by atoms with Crippen LogP contribution in [0.1, 0.15) is 43.2 Å². The summed E-state index contributed by atoms with van der Waals surface area (Å²) in [7, 11) is 0. The van der Waals surface area contributed by atoms with E-state index in [1.165, 1.54) is 6.08 Å². The van der Waals surface area contributed by atoms with E-state index in [1.54, 1.807) is 0 Å². The molecule has 0 spiro atoms. The van der Waals surface area contributed by atoms with Crippen LogP contribution in [-0.4, -0.2) is 42.3 Å². The van der Waals surface area contributed by atoms with Gasteiger partial charge in [-0.05, 0) is 34.6 Å². The molecule has 2 aromatic carbocycles. The maximum Gasteiger partial charge on any atom is 0.407 e. The number of alkyl carbamates (subject to hydrolysis) is 1. The molecule has 1 aliphatic carbocycles. The molecule has 3 N–H and O–H groups in total. The summed E-state index contributed by atoms with van der Waals surface area (Å²) < 4.78 is 5.53. The molecule has 2 atom stereocenters. The normalized spacial score (nSPS) is 13.8. The van der Waals surface area contributed by atoms with Crippen molar-refractivity contribution < 1.29 is 24.2 Å². The number of rotatable bonds is 11. The number of carbonyl (C=O) groups excluding carboxylic acids is 2. The number of aliphatic carboxylic acids is 1. The molecule has 1 aliphatic rings. The van der Waals surface area contributed by atoms with Gasteiger partial charge in [-0.25, -0.2) is 9.59 Å². The van der Waals surface area contributed by atoms with Crippen LogP contribution in [0.2, 0.25) is 0 Å². The lowest BCUT2D eigenvalue weighted by atomic mass is 9.98. The first kappa shape index (κ1) is 24.0. The molecule has 2 unspecified atom stereocenters. The lowest BCUT2D eigenvalue weighted by Gasteiger charge is -2.18.